The highest BCUT2D eigenvalue weighted by Crippen LogP contribution is 2.49. The van der Waals surface area contributed by atoms with E-state index in [-0.39, 0.29) is 12.4 Å². The van der Waals surface area contributed by atoms with Crippen LogP contribution in [0.15, 0.2) is 0 Å². The lowest BCUT2D eigenvalue weighted by Crippen LogP contribution is -2.42. The highest BCUT2D eigenvalue weighted by atomic mass is 35.5. The van der Waals surface area contributed by atoms with Crippen molar-refractivity contribution in [2.24, 2.45) is 5.41 Å². The molecule has 0 bridgehead atoms. The molecule has 2 rings (SSSR count). The minimum absolute atomic E-state index is 0. The van der Waals surface area contributed by atoms with Crippen molar-refractivity contribution < 1.29 is 5.11 Å². The van der Waals surface area contributed by atoms with Gasteiger partial charge in [-0.1, -0.05) is 6.42 Å². The third-order valence-corrected chi connectivity index (χ3v) is 3.26. The van der Waals surface area contributed by atoms with Gasteiger partial charge in [0.05, 0.1) is 6.61 Å². The van der Waals surface area contributed by atoms with Gasteiger partial charge in [0.15, 0.2) is 0 Å². The first-order valence-electron chi connectivity index (χ1n) is 4.72. The van der Waals surface area contributed by atoms with Crippen LogP contribution in [0.4, 0.5) is 0 Å². The fraction of sp³-hybridized carbons (Fsp3) is 1.00. The molecule has 0 amide bonds. The van der Waals surface area contributed by atoms with Crippen molar-refractivity contribution >= 4 is 12.4 Å². The summed E-state index contributed by atoms with van der Waals surface area (Å²) < 4.78 is 0. The molecule has 1 atom stereocenters. The molecule has 0 spiro atoms. The van der Waals surface area contributed by atoms with Gasteiger partial charge in [-0.15, -0.1) is 12.4 Å². The quantitative estimate of drug-likeness (QED) is 0.690. The van der Waals surface area contributed by atoms with E-state index < -0.39 is 0 Å². The maximum atomic E-state index is 9.17. The van der Waals surface area contributed by atoms with Gasteiger partial charge >= 0.3 is 0 Å². The Morgan fingerprint density at radius 3 is 2.50 bits per heavy atom. The second-order valence-corrected chi connectivity index (χ2v) is 4.02. The van der Waals surface area contributed by atoms with E-state index in [9.17, 15) is 0 Å². The zero-order chi connectivity index (χ0) is 7.73. The monoisotopic (exact) mass is 191 g/mol. The molecule has 1 aliphatic carbocycles. The SMILES string of the molecule is Cl.OCC1(C2CCCCN2)CC1. The van der Waals surface area contributed by atoms with Crippen LogP contribution in [-0.4, -0.2) is 24.3 Å². The van der Waals surface area contributed by atoms with Crippen molar-refractivity contribution in [2.75, 3.05) is 13.2 Å². The van der Waals surface area contributed by atoms with Crippen LogP contribution in [0.2, 0.25) is 0 Å². The smallest absolute Gasteiger partial charge is 0.0502 e. The van der Waals surface area contributed by atoms with E-state index in [0.29, 0.717) is 18.1 Å². The molecule has 2 N–H and O–H groups in total. The van der Waals surface area contributed by atoms with Crippen LogP contribution >= 0.6 is 12.4 Å². The summed E-state index contributed by atoms with van der Waals surface area (Å²) in [5, 5.41) is 12.7. The summed E-state index contributed by atoms with van der Waals surface area (Å²) in [5.74, 6) is 0. The van der Waals surface area contributed by atoms with E-state index >= 15 is 0 Å². The minimum Gasteiger partial charge on any atom is -0.396 e. The Labute approximate surface area is 80.1 Å². The summed E-state index contributed by atoms with van der Waals surface area (Å²) in [4.78, 5) is 0. The van der Waals surface area contributed by atoms with Crippen LogP contribution in [0.3, 0.4) is 0 Å². The molecular formula is C9H18ClNO. The van der Waals surface area contributed by atoms with Gasteiger partial charge < -0.3 is 10.4 Å². The molecule has 0 radical (unpaired) electrons. The minimum atomic E-state index is 0. The normalized spacial score (nSPS) is 32.2. The Hall–Kier alpha value is 0.210. The van der Waals surface area contributed by atoms with Crippen LogP contribution in [0.25, 0.3) is 0 Å². The van der Waals surface area contributed by atoms with Crippen LogP contribution in [0.5, 0.6) is 0 Å². The van der Waals surface area contributed by atoms with Gasteiger partial charge in [0.25, 0.3) is 0 Å². The Bertz CT molecular complexity index is 141. The van der Waals surface area contributed by atoms with Crippen molar-refractivity contribution in [1.29, 1.82) is 0 Å². The third-order valence-electron chi connectivity index (χ3n) is 3.26. The van der Waals surface area contributed by atoms with Crippen LogP contribution in [0.1, 0.15) is 32.1 Å². The fourth-order valence-corrected chi connectivity index (χ4v) is 2.15. The van der Waals surface area contributed by atoms with E-state index in [2.05, 4.69) is 5.32 Å². The van der Waals surface area contributed by atoms with Gasteiger partial charge in [-0.3, -0.25) is 0 Å². The molecule has 1 aliphatic heterocycles. The summed E-state index contributed by atoms with van der Waals surface area (Å²) in [6.45, 7) is 1.55. The summed E-state index contributed by atoms with van der Waals surface area (Å²) in [7, 11) is 0. The van der Waals surface area contributed by atoms with Gasteiger partial charge in [0.1, 0.15) is 0 Å². The standard InChI is InChI=1S/C9H17NO.ClH/c11-7-9(4-5-9)8-3-1-2-6-10-8;/h8,10-11H,1-7H2;1H. The third kappa shape index (κ3) is 1.76. The van der Waals surface area contributed by atoms with E-state index in [0.717, 1.165) is 6.54 Å². The molecule has 3 heteroatoms. The first-order valence-corrected chi connectivity index (χ1v) is 4.72. The lowest BCUT2D eigenvalue weighted by atomic mass is 9.90. The first-order chi connectivity index (χ1) is 5.37. The Morgan fingerprint density at radius 2 is 2.08 bits per heavy atom. The number of hydrogen-bond acceptors (Lipinski definition) is 2. The molecule has 1 saturated carbocycles. The number of halogens is 1. The van der Waals surface area contributed by atoms with E-state index in [4.69, 9.17) is 5.11 Å². The lowest BCUT2D eigenvalue weighted by Gasteiger charge is -2.30. The molecule has 2 fully saturated rings. The summed E-state index contributed by atoms with van der Waals surface area (Å²) in [6, 6.07) is 0.626. The van der Waals surface area contributed by atoms with Crippen LogP contribution in [0, 0.1) is 5.41 Å². The Morgan fingerprint density at radius 1 is 1.33 bits per heavy atom. The molecule has 2 nitrogen and oxygen atoms in total. The number of aliphatic hydroxyl groups excluding tert-OH is 1. The van der Waals surface area contributed by atoms with Crippen molar-refractivity contribution in [3.05, 3.63) is 0 Å². The number of rotatable bonds is 2. The van der Waals surface area contributed by atoms with Gasteiger partial charge in [-0.05, 0) is 32.2 Å². The zero-order valence-electron chi connectivity index (χ0n) is 7.38. The molecular weight excluding hydrogens is 174 g/mol. The van der Waals surface area contributed by atoms with Crippen molar-refractivity contribution in [3.8, 4) is 0 Å². The molecule has 1 saturated heterocycles. The largest absolute Gasteiger partial charge is 0.396 e. The molecule has 12 heavy (non-hydrogen) atoms. The van der Waals surface area contributed by atoms with Crippen LogP contribution < -0.4 is 5.32 Å². The van der Waals surface area contributed by atoms with Gasteiger partial charge in [-0.2, -0.15) is 0 Å². The van der Waals surface area contributed by atoms with Crippen molar-refractivity contribution in [1.82, 2.24) is 5.32 Å². The molecule has 0 aromatic carbocycles. The fourth-order valence-electron chi connectivity index (χ4n) is 2.15. The molecule has 1 unspecified atom stereocenters. The second-order valence-electron chi connectivity index (χ2n) is 4.02. The maximum Gasteiger partial charge on any atom is 0.0502 e. The first kappa shape index (κ1) is 10.3. The number of piperidine rings is 1. The van der Waals surface area contributed by atoms with Gasteiger partial charge in [0.2, 0.25) is 0 Å². The molecule has 0 aromatic rings. The van der Waals surface area contributed by atoms with Crippen LogP contribution in [-0.2, 0) is 0 Å². The summed E-state index contributed by atoms with van der Waals surface area (Å²) in [5.41, 5.74) is 0.306. The maximum absolute atomic E-state index is 9.17. The topological polar surface area (TPSA) is 32.3 Å². The Balaban J connectivity index is 0.000000720. The number of aliphatic hydroxyl groups is 1. The molecule has 0 aromatic heterocycles. The predicted octanol–water partition coefficient (Wildman–Crippen LogP) is 1.32. The molecule has 72 valence electrons. The lowest BCUT2D eigenvalue weighted by molar-refractivity contribution is 0.155. The Kier molecular flexibility index (Phi) is 3.38. The van der Waals surface area contributed by atoms with Crippen molar-refractivity contribution in [2.45, 2.75) is 38.1 Å². The zero-order valence-corrected chi connectivity index (χ0v) is 8.20. The van der Waals surface area contributed by atoms with Gasteiger partial charge in [-0.25, -0.2) is 0 Å². The summed E-state index contributed by atoms with van der Waals surface area (Å²) >= 11 is 0. The average Bonchev–Trinajstić information content (AvgIpc) is 2.86. The highest BCUT2D eigenvalue weighted by molar-refractivity contribution is 5.85. The highest BCUT2D eigenvalue weighted by Gasteiger charge is 2.48. The van der Waals surface area contributed by atoms with E-state index in [1.807, 2.05) is 0 Å². The van der Waals surface area contributed by atoms with Gasteiger partial charge in [0, 0.05) is 11.5 Å². The molecule has 1 heterocycles. The van der Waals surface area contributed by atoms with Crippen molar-refractivity contribution in [3.63, 3.8) is 0 Å². The number of nitrogens with one attached hydrogen (secondary N) is 1. The number of hydrogen-bond donors (Lipinski definition) is 2. The van der Waals surface area contributed by atoms with E-state index in [1.54, 1.807) is 0 Å². The second kappa shape index (κ2) is 3.95. The molecule has 2 aliphatic rings. The summed E-state index contributed by atoms with van der Waals surface area (Å²) in [6.07, 6.45) is 6.42. The van der Waals surface area contributed by atoms with E-state index in [1.165, 1.54) is 32.1 Å². The predicted molar refractivity (Wildman–Crippen MR) is 51.6 cm³/mol. The average molecular weight is 192 g/mol.